The second-order valence-electron chi connectivity index (χ2n) is 9.41. The number of likely N-dealkylation sites (tertiary alicyclic amines) is 1. The lowest BCUT2D eigenvalue weighted by Crippen LogP contribution is -2.43. The van der Waals surface area contributed by atoms with Crippen molar-refractivity contribution in [1.29, 1.82) is 0 Å². The van der Waals surface area contributed by atoms with Crippen molar-refractivity contribution < 1.29 is 14.3 Å². The first kappa shape index (κ1) is 23.6. The Hall–Kier alpha value is -2.58. The van der Waals surface area contributed by atoms with Crippen molar-refractivity contribution in [3.05, 3.63) is 57.0 Å². The molecule has 4 rings (SSSR count). The van der Waals surface area contributed by atoms with E-state index < -0.39 is 17.7 Å². The molecule has 174 valence electrons. The summed E-state index contributed by atoms with van der Waals surface area (Å²) in [5.74, 6) is 0.0970. The lowest BCUT2D eigenvalue weighted by molar-refractivity contribution is -0.122. The Kier molecular flexibility index (Phi) is 6.68. The summed E-state index contributed by atoms with van der Waals surface area (Å²) in [6.45, 7) is 9.94. The van der Waals surface area contributed by atoms with Crippen LogP contribution in [0.25, 0.3) is 10.6 Å². The summed E-state index contributed by atoms with van der Waals surface area (Å²) in [6, 6.07) is 9.53. The largest absolute Gasteiger partial charge is 0.444 e. The number of aromatic nitrogens is 2. The first-order chi connectivity index (χ1) is 15.6. The highest BCUT2D eigenvalue weighted by molar-refractivity contribution is 7.16. The fourth-order valence-corrected chi connectivity index (χ4v) is 5.91. The molecule has 33 heavy (non-hydrogen) atoms. The van der Waals surface area contributed by atoms with Crippen LogP contribution in [0.15, 0.2) is 35.7 Å². The third-order valence-electron chi connectivity index (χ3n) is 5.59. The van der Waals surface area contributed by atoms with Crippen LogP contribution in [0.2, 0.25) is 0 Å². The van der Waals surface area contributed by atoms with Crippen molar-refractivity contribution in [2.75, 3.05) is 6.54 Å². The van der Waals surface area contributed by atoms with E-state index in [1.165, 1.54) is 11.3 Å². The second-order valence-corrected chi connectivity index (χ2v) is 11.6. The molecule has 1 aliphatic rings. The highest BCUT2D eigenvalue weighted by Gasteiger charge is 2.41. The molecule has 2 atom stereocenters. The number of amides is 1. The summed E-state index contributed by atoms with van der Waals surface area (Å²) in [5, 5.41) is 3.74. The van der Waals surface area contributed by atoms with E-state index in [1.54, 1.807) is 16.2 Å². The molecule has 0 unspecified atom stereocenters. The zero-order chi connectivity index (χ0) is 23.8. The van der Waals surface area contributed by atoms with Crippen LogP contribution >= 0.6 is 22.7 Å². The monoisotopic (exact) mass is 483 g/mol. The number of ketones is 1. The maximum Gasteiger partial charge on any atom is 0.410 e. The molecular formula is C25H29N3O3S2. The number of hydrogen-bond acceptors (Lipinski definition) is 7. The van der Waals surface area contributed by atoms with Gasteiger partial charge < -0.3 is 4.74 Å². The van der Waals surface area contributed by atoms with Gasteiger partial charge >= 0.3 is 6.09 Å². The molecule has 1 amide bonds. The van der Waals surface area contributed by atoms with Crippen LogP contribution in [0.4, 0.5) is 4.79 Å². The van der Waals surface area contributed by atoms with Gasteiger partial charge in [0.2, 0.25) is 0 Å². The van der Waals surface area contributed by atoms with Gasteiger partial charge in [-0.05, 0) is 46.6 Å². The zero-order valence-electron chi connectivity index (χ0n) is 19.6. The zero-order valence-corrected chi connectivity index (χ0v) is 21.3. The minimum absolute atomic E-state index is 0.00241. The van der Waals surface area contributed by atoms with Crippen molar-refractivity contribution in [2.45, 2.75) is 65.0 Å². The number of ether oxygens (including phenoxy) is 1. The van der Waals surface area contributed by atoms with Gasteiger partial charge in [0.05, 0.1) is 33.7 Å². The highest BCUT2D eigenvalue weighted by Crippen LogP contribution is 2.35. The summed E-state index contributed by atoms with van der Waals surface area (Å²) in [5.41, 5.74) is 2.33. The van der Waals surface area contributed by atoms with E-state index in [9.17, 15) is 9.59 Å². The summed E-state index contributed by atoms with van der Waals surface area (Å²) >= 11 is 3.09. The molecule has 2 aromatic heterocycles. The first-order valence-electron chi connectivity index (χ1n) is 11.1. The predicted molar refractivity (Wildman–Crippen MR) is 132 cm³/mol. The van der Waals surface area contributed by atoms with Crippen LogP contribution in [-0.2, 0) is 16.0 Å². The van der Waals surface area contributed by atoms with E-state index >= 15 is 0 Å². The van der Waals surface area contributed by atoms with Crippen molar-refractivity contribution in [2.24, 2.45) is 0 Å². The smallest absolute Gasteiger partial charge is 0.410 e. The molecule has 0 N–H and O–H groups in total. The van der Waals surface area contributed by atoms with Crippen LogP contribution < -0.4 is 0 Å². The maximum atomic E-state index is 13.4. The number of hydrogen-bond donors (Lipinski definition) is 0. The van der Waals surface area contributed by atoms with Gasteiger partial charge in [-0.2, -0.15) is 0 Å². The summed E-state index contributed by atoms with van der Waals surface area (Å²) in [4.78, 5) is 38.2. The molecule has 3 aromatic rings. The number of aryl methyl sites for hydroxylation is 2. The normalized spacial score (nSPS) is 18.5. The maximum absolute atomic E-state index is 13.4. The van der Waals surface area contributed by atoms with Crippen LogP contribution in [0.5, 0.6) is 0 Å². The molecule has 1 fully saturated rings. The molecule has 0 saturated carbocycles. The van der Waals surface area contributed by atoms with E-state index in [-0.39, 0.29) is 18.1 Å². The molecule has 3 heterocycles. The molecule has 1 aromatic carbocycles. The fourth-order valence-electron chi connectivity index (χ4n) is 4.16. The van der Waals surface area contributed by atoms with Crippen molar-refractivity contribution in [3.8, 4) is 10.6 Å². The van der Waals surface area contributed by atoms with Crippen LogP contribution in [-0.4, -0.2) is 44.9 Å². The summed E-state index contributed by atoms with van der Waals surface area (Å²) in [6.07, 6.45) is 0.357. The number of carbonyl (C=O) groups is 2. The number of nitrogens with zero attached hydrogens (tertiary/aromatic N) is 3. The lowest BCUT2D eigenvalue weighted by Gasteiger charge is -2.28. The number of rotatable bonds is 5. The van der Waals surface area contributed by atoms with Crippen LogP contribution in [0.3, 0.4) is 0 Å². The van der Waals surface area contributed by atoms with Crippen molar-refractivity contribution in [3.63, 3.8) is 0 Å². The Labute approximate surface area is 202 Å². The number of carbonyl (C=O) groups excluding carboxylic acids is 2. The Morgan fingerprint density at radius 3 is 2.52 bits per heavy atom. The average molecular weight is 484 g/mol. The minimum atomic E-state index is -0.621. The van der Waals surface area contributed by atoms with Gasteiger partial charge in [0, 0.05) is 17.8 Å². The Morgan fingerprint density at radius 2 is 1.88 bits per heavy atom. The van der Waals surface area contributed by atoms with Gasteiger partial charge in [-0.15, -0.1) is 22.7 Å². The Bertz CT molecular complexity index is 1150. The van der Waals surface area contributed by atoms with Gasteiger partial charge in [0.1, 0.15) is 10.6 Å². The van der Waals surface area contributed by atoms with Crippen molar-refractivity contribution in [1.82, 2.24) is 14.9 Å². The SMILES string of the molecule is Cc1nc(C)c(-c2csc(CC(=O)[C@@H]3C[C@@H](c4ccccc4)CN3C(=O)OC(C)(C)C)n2)s1. The molecule has 0 spiro atoms. The van der Waals surface area contributed by atoms with E-state index in [4.69, 9.17) is 9.72 Å². The molecule has 0 radical (unpaired) electrons. The van der Waals surface area contributed by atoms with E-state index in [0.717, 1.165) is 31.8 Å². The quantitative estimate of drug-likeness (QED) is 0.459. The van der Waals surface area contributed by atoms with E-state index in [2.05, 4.69) is 17.1 Å². The molecule has 1 aliphatic heterocycles. The predicted octanol–water partition coefficient (Wildman–Crippen LogP) is 5.79. The minimum Gasteiger partial charge on any atom is -0.444 e. The molecule has 1 saturated heterocycles. The van der Waals surface area contributed by atoms with E-state index in [1.807, 2.05) is 58.2 Å². The third-order valence-corrected chi connectivity index (χ3v) is 7.53. The van der Waals surface area contributed by atoms with Gasteiger partial charge in [-0.1, -0.05) is 30.3 Å². The first-order valence-corrected chi connectivity index (χ1v) is 12.8. The van der Waals surface area contributed by atoms with Gasteiger partial charge in [0.15, 0.2) is 5.78 Å². The van der Waals surface area contributed by atoms with Crippen LogP contribution in [0.1, 0.15) is 54.4 Å². The number of benzene rings is 1. The fraction of sp³-hybridized carbons (Fsp3) is 0.440. The summed E-state index contributed by atoms with van der Waals surface area (Å²) < 4.78 is 5.63. The molecule has 8 heteroatoms. The topological polar surface area (TPSA) is 72.4 Å². The molecule has 0 bridgehead atoms. The standard InChI is InChI=1S/C25H29N3O3S2/c1-15-23(33-16(2)26-15)19-14-32-22(27-19)12-21(29)20-11-18(17-9-7-6-8-10-17)13-28(20)24(30)31-25(3,4)5/h6-10,14,18,20H,11-13H2,1-5H3/t18-,20+/m1/s1. The Morgan fingerprint density at radius 1 is 1.15 bits per heavy atom. The molecular weight excluding hydrogens is 454 g/mol. The van der Waals surface area contributed by atoms with Crippen LogP contribution in [0, 0.1) is 13.8 Å². The lowest BCUT2D eigenvalue weighted by atomic mass is 9.95. The number of thiazole rings is 2. The number of Topliss-reactive ketones (excluding diaryl/α,β-unsaturated/α-hetero) is 1. The van der Waals surface area contributed by atoms with Crippen molar-refractivity contribution >= 4 is 34.6 Å². The van der Waals surface area contributed by atoms with E-state index in [0.29, 0.717) is 13.0 Å². The Balaban J connectivity index is 1.53. The molecule has 0 aliphatic carbocycles. The molecule has 6 nitrogen and oxygen atoms in total. The second kappa shape index (κ2) is 9.35. The summed E-state index contributed by atoms with van der Waals surface area (Å²) in [7, 11) is 0. The third kappa shape index (κ3) is 5.50. The van der Waals surface area contributed by atoms with Gasteiger partial charge in [-0.3, -0.25) is 9.69 Å². The highest BCUT2D eigenvalue weighted by atomic mass is 32.1. The van der Waals surface area contributed by atoms with Gasteiger partial charge in [0.25, 0.3) is 0 Å². The van der Waals surface area contributed by atoms with Gasteiger partial charge in [-0.25, -0.2) is 14.8 Å². The average Bonchev–Trinajstić information content (AvgIpc) is 3.45.